The quantitative estimate of drug-likeness (QED) is 0.875. The summed E-state index contributed by atoms with van der Waals surface area (Å²) in [6.07, 6.45) is 5.67. The Labute approximate surface area is 149 Å². The Hall–Kier alpha value is -1.55. The van der Waals surface area contributed by atoms with Gasteiger partial charge in [-0.25, -0.2) is 0 Å². The van der Waals surface area contributed by atoms with Gasteiger partial charge in [0.25, 0.3) is 5.91 Å². The first-order chi connectivity index (χ1) is 11.4. The molecule has 1 aliphatic carbocycles. The van der Waals surface area contributed by atoms with Gasteiger partial charge in [0.2, 0.25) is 5.91 Å². The van der Waals surface area contributed by atoms with E-state index in [4.69, 9.17) is 11.6 Å². The normalized spacial score (nSPS) is 16.7. The van der Waals surface area contributed by atoms with Crippen LogP contribution in [0.25, 0.3) is 0 Å². The minimum absolute atomic E-state index is 0.00924. The number of halogens is 1. The van der Waals surface area contributed by atoms with Crippen LogP contribution in [0.5, 0.6) is 0 Å². The Morgan fingerprint density at radius 2 is 1.79 bits per heavy atom. The van der Waals surface area contributed by atoms with Gasteiger partial charge in [0.15, 0.2) is 0 Å². The molecule has 1 aliphatic rings. The number of rotatable bonds is 5. The van der Waals surface area contributed by atoms with Crippen molar-refractivity contribution in [2.24, 2.45) is 5.92 Å². The van der Waals surface area contributed by atoms with Crippen molar-refractivity contribution in [2.75, 3.05) is 7.05 Å². The third-order valence-electron chi connectivity index (χ3n) is 4.81. The first-order valence-electron chi connectivity index (χ1n) is 8.74. The number of nitrogens with zero attached hydrogens (tertiary/aromatic N) is 1. The number of benzene rings is 1. The predicted molar refractivity (Wildman–Crippen MR) is 97.2 cm³/mol. The summed E-state index contributed by atoms with van der Waals surface area (Å²) in [7, 11) is 1.86. The zero-order valence-corrected chi connectivity index (χ0v) is 15.5. The number of carbonyl (C=O) groups excluding carboxylic acids is 2. The predicted octanol–water partition coefficient (Wildman–Crippen LogP) is 3.89. The fourth-order valence-corrected chi connectivity index (χ4v) is 3.47. The fourth-order valence-electron chi connectivity index (χ4n) is 3.25. The molecular formula is C19H27ClN2O2. The molecule has 132 valence electrons. The minimum Gasteiger partial charge on any atom is -0.341 e. The molecule has 1 atom stereocenters. The molecule has 1 N–H and O–H groups in total. The van der Waals surface area contributed by atoms with E-state index >= 15 is 0 Å². The molecule has 0 saturated heterocycles. The van der Waals surface area contributed by atoms with Crippen molar-refractivity contribution in [2.45, 2.75) is 58.0 Å². The van der Waals surface area contributed by atoms with Crippen LogP contribution in [0.15, 0.2) is 24.3 Å². The van der Waals surface area contributed by atoms with Gasteiger partial charge in [-0.15, -0.1) is 0 Å². The second-order valence-electron chi connectivity index (χ2n) is 6.92. The second-order valence-corrected chi connectivity index (χ2v) is 7.32. The van der Waals surface area contributed by atoms with Crippen molar-refractivity contribution < 1.29 is 9.59 Å². The zero-order valence-electron chi connectivity index (χ0n) is 14.7. The summed E-state index contributed by atoms with van der Waals surface area (Å²) in [5, 5.41) is 3.27. The van der Waals surface area contributed by atoms with Crippen LogP contribution in [0.1, 0.15) is 56.3 Å². The molecular weight excluding hydrogens is 324 g/mol. The molecule has 4 nitrogen and oxygen atoms in total. The molecule has 0 spiro atoms. The van der Waals surface area contributed by atoms with Crippen molar-refractivity contribution in [1.29, 1.82) is 0 Å². The van der Waals surface area contributed by atoms with Crippen molar-refractivity contribution in [3.8, 4) is 0 Å². The summed E-state index contributed by atoms with van der Waals surface area (Å²) in [6, 6.07) is 6.63. The van der Waals surface area contributed by atoms with E-state index in [1.165, 1.54) is 19.3 Å². The molecule has 2 rings (SSSR count). The second kappa shape index (κ2) is 8.52. The van der Waals surface area contributed by atoms with Gasteiger partial charge in [-0.2, -0.15) is 0 Å². The minimum atomic E-state index is -0.541. The topological polar surface area (TPSA) is 49.4 Å². The lowest BCUT2D eigenvalue weighted by atomic mass is 9.93. The van der Waals surface area contributed by atoms with Crippen LogP contribution in [-0.2, 0) is 4.79 Å². The summed E-state index contributed by atoms with van der Waals surface area (Å²) in [4.78, 5) is 27.3. The summed E-state index contributed by atoms with van der Waals surface area (Å²) in [5.41, 5.74) is 0.401. The van der Waals surface area contributed by atoms with Crippen LogP contribution in [-0.4, -0.2) is 35.8 Å². The van der Waals surface area contributed by atoms with Crippen LogP contribution >= 0.6 is 11.6 Å². The van der Waals surface area contributed by atoms with Crippen molar-refractivity contribution in [3.63, 3.8) is 0 Å². The highest BCUT2D eigenvalue weighted by Gasteiger charge is 2.31. The first-order valence-corrected chi connectivity index (χ1v) is 9.11. The molecule has 0 heterocycles. The summed E-state index contributed by atoms with van der Waals surface area (Å²) < 4.78 is 0. The number of amides is 2. The van der Waals surface area contributed by atoms with E-state index in [1.807, 2.05) is 25.8 Å². The molecule has 1 saturated carbocycles. The van der Waals surface area contributed by atoms with Gasteiger partial charge >= 0.3 is 0 Å². The Balaban J connectivity index is 2.09. The van der Waals surface area contributed by atoms with Gasteiger partial charge in [0, 0.05) is 13.1 Å². The highest BCUT2D eigenvalue weighted by molar-refractivity contribution is 6.33. The highest BCUT2D eigenvalue weighted by atomic mass is 35.5. The maximum Gasteiger partial charge on any atom is 0.253 e. The lowest BCUT2D eigenvalue weighted by molar-refractivity contribution is -0.135. The Bertz CT molecular complexity index is 582. The lowest BCUT2D eigenvalue weighted by Crippen LogP contribution is -2.53. The van der Waals surface area contributed by atoms with Crippen LogP contribution in [0.2, 0.25) is 5.02 Å². The molecule has 5 heteroatoms. The highest BCUT2D eigenvalue weighted by Crippen LogP contribution is 2.23. The number of carbonyl (C=O) groups is 2. The Morgan fingerprint density at radius 1 is 1.17 bits per heavy atom. The summed E-state index contributed by atoms with van der Waals surface area (Å²) in [6.45, 7) is 3.90. The van der Waals surface area contributed by atoms with Crippen LogP contribution < -0.4 is 5.32 Å². The average Bonchev–Trinajstić information content (AvgIpc) is 2.59. The largest absolute Gasteiger partial charge is 0.341 e. The number of hydrogen-bond donors (Lipinski definition) is 1. The standard InChI is InChI=1S/C19H27ClN2O2/c1-13(2)17(19(24)22(3)14-9-5-4-6-10-14)21-18(23)15-11-7-8-12-16(15)20/h7-8,11-14,17H,4-6,9-10H2,1-3H3,(H,21,23). The Morgan fingerprint density at radius 3 is 2.38 bits per heavy atom. The van der Waals surface area contributed by atoms with Crippen molar-refractivity contribution in [1.82, 2.24) is 10.2 Å². The van der Waals surface area contributed by atoms with Gasteiger partial charge in [-0.1, -0.05) is 56.8 Å². The van der Waals surface area contributed by atoms with Gasteiger partial charge < -0.3 is 10.2 Å². The number of nitrogens with one attached hydrogen (secondary N) is 1. The molecule has 0 aromatic heterocycles. The molecule has 1 aromatic rings. The van der Waals surface area contributed by atoms with E-state index in [2.05, 4.69) is 5.32 Å². The van der Waals surface area contributed by atoms with Crippen molar-refractivity contribution >= 4 is 23.4 Å². The van der Waals surface area contributed by atoms with Crippen LogP contribution in [0, 0.1) is 5.92 Å². The van der Waals surface area contributed by atoms with Gasteiger partial charge in [0.05, 0.1) is 10.6 Å². The van der Waals surface area contributed by atoms with E-state index in [-0.39, 0.29) is 23.8 Å². The SMILES string of the molecule is CC(C)C(NC(=O)c1ccccc1Cl)C(=O)N(C)C1CCCCC1. The summed E-state index contributed by atoms with van der Waals surface area (Å²) >= 11 is 6.09. The molecule has 0 bridgehead atoms. The average molecular weight is 351 g/mol. The maximum atomic E-state index is 12.9. The molecule has 1 unspecified atom stereocenters. The lowest BCUT2D eigenvalue weighted by Gasteiger charge is -2.35. The molecule has 2 amide bonds. The molecule has 0 aliphatic heterocycles. The first kappa shape index (κ1) is 18.8. The zero-order chi connectivity index (χ0) is 17.7. The van der Waals surface area contributed by atoms with Gasteiger partial charge in [-0.05, 0) is 30.9 Å². The monoisotopic (exact) mass is 350 g/mol. The van der Waals surface area contributed by atoms with Crippen molar-refractivity contribution in [3.05, 3.63) is 34.9 Å². The third-order valence-corrected chi connectivity index (χ3v) is 5.14. The third kappa shape index (κ3) is 4.50. The van der Waals surface area contributed by atoms with E-state index in [1.54, 1.807) is 24.3 Å². The number of hydrogen-bond acceptors (Lipinski definition) is 2. The number of likely N-dealkylation sites (N-methyl/N-ethyl adjacent to an activating group) is 1. The van der Waals surface area contributed by atoms with E-state index in [0.29, 0.717) is 10.6 Å². The van der Waals surface area contributed by atoms with E-state index in [9.17, 15) is 9.59 Å². The molecule has 1 fully saturated rings. The molecule has 24 heavy (non-hydrogen) atoms. The fraction of sp³-hybridized carbons (Fsp3) is 0.579. The molecule has 0 radical (unpaired) electrons. The molecule has 1 aromatic carbocycles. The summed E-state index contributed by atoms with van der Waals surface area (Å²) in [5.74, 6) is -0.308. The van der Waals surface area contributed by atoms with Gasteiger partial charge in [-0.3, -0.25) is 9.59 Å². The van der Waals surface area contributed by atoms with E-state index < -0.39 is 6.04 Å². The van der Waals surface area contributed by atoms with Crippen LogP contribution in [0.3, 0.4) is 0 Å². The van der Waals surface area contributed by atoms with Gasteiger partial charge in [0.1, 0.15) is 6.04 Å². The maximum absolute atomic E-state index is 12.9. The smallest absolute Gasteiger partial charge is 0.253 e. The van der Waals surface area contributed by atoms with E-state index in [0.717, 1.165) is 12.8 Å². The Kier molecular flexibility index (Phi) is 6.67. The van der Waals surface area contributed by atoms with Crippen LogP contribution in [0.4, 0.5) is 0 Å².